The van der Waals surface area contributed by atoms with Gasteiger partial charge in [-0.05, 0) is 19.3 Å². The van der Waals surface area contributed by atoms with E-state index in [1.807, 2.05) is 0 Å². The first-order valence-corrected chi connectivity index (χ1v) is 3.85. The lowest BCUT2D eigenvalue weighted by Crippen LogP contribution is -2.47. The minimum atomic E-state index is -0.782. The van der Waals surface area contributed by atoms with Gasteiger partial charge in [0.15, 0.2) is 5.60 Å². The van der Waals surface area contributed by atoms with E-state index < -0.39 is 16.5 Å². The third-order valence-electron chi connectivity index (χ3n) is 2.04. The molecule has 1 saturated carbocycles. The molecule has 12 heavy (non-hydrogen) atoms. The molecule has 1 aliphatic carbocycles. The molecule has 0 spiro atoms. The number of hydrogen-bond acceptors (Lipinski definition) is 4. The summed E-state index contributed by atoms with van der Waals surface area (Å²) in [5.74, 6) is -0.434. The molecule has 0 aromatic rings. The van der Waals surface area contributed by atoms with Gasteiger partial charge < -0.3 is 4.74 Å². The number of carbonyl (C=O) groups is 1. The number of nitro groups is 1. The summed E-state index contributed by atoms with van der Waals surface area (Å²) < 4.78 is 4.90. The minimum absolute atomic E-state index is 0.257. The highest BCUT2D eigenvalue weighted by molar-refractivity contribution is 5.66. The van der Waals surface area contributed by atoms with Gasteiger partial charge in [-0.1, -0.05) is 0 Å². The van der Waals surface area contributed by atoms with Crippen LogP contribution in [-0.4, -0.2) is 23.0 Å². The molecule has 0 unspecified atom stereocenters. The number of hydrogen-bond donors (Lipinski definition) is 0. The van der Waals surface area contributed by atoms with Crippen LogP contribution in [0.1, 0.15) is 26.2 Å². The Morgan fingerprint density at radius 2 is 2.25 bits per heavy atom. The van der Waals surface area contributed by atoms with Gasteiger partial charge >= 0.3 is 5.97 Å². The number of carbonyl (C=O) groups excluding carboxylic acids is 1. The van der Waals surface area contributed by atoms with E-state index in [0.29, 0.717) is 12.8 Å². The molecule has 1 rings (SSSR count). The van der Waals surface area contributed by atoms with Crippen molar-refractivity contribution in [3.8, 4) is 0 Å². The zero-order valence-corrected chi connectivity index (χ0v) is 6.91. The molecule has 0 aromatic heterocycles. The molecule has 0 aromatic carbocycles. The van der Waals surface area contributed by atoms with Gasteiger partial charge in [0.2, 0.25) is 6.54 Å². The van der Waals surface area contributed by atoms with Crippen molar-refractivity contribution in [2.24, 2.45) is 0 Å². The van der Waals surface area contributed by atoms with Crippen molar-refractivity contribution < 1.29 is 14.5 Å². The third-order valence-corrected chi connectivity index (χ3v) is 2.04. The van der Waals surface area contributed by atoms with Crippen LogP contribution in [0.5, 0.6) is 0 Å². The Balaban J connectivity index is 2.50. The summed E-state index contributed by atoms with van der Waals surface area (Å²) in [5.41, 5.74) is -0.782. The monoisotopic (exact) mass is 173 g/mol. The Morgan fingerprint density at radius 1 is 1.67 bits per heavy atom. The van der Waals surface area contributed by atoms with Gasteiger partial charge in [-0.25, -0.2) is 0 Å². The zero-order valence-electron chi connectivity index (χ0n) is 6.91. The summed E-state index contributed by atoms with van der Waals surface area (Å²) in [5, 5.41) is 10.2. The summed E-state index contributed by atoms with van der Waals surface area (Å²) in [7, 11) is 0. The van der Waals surface area contributed by atoms with Crippen LogP contribution in [0.3, 0.4) is 0 Å². The van der Waals surface area contributed by atoms with Crippen LogP contribution in [0.15, 0.2) is 0 Å². The molecule has 0 aliphatic heterocycles. The van der Waals surface area contributed by atoms with Gasteiger partial charge in [0, 0.05) is 11.8 Å². The first-order valence-electron chi connectivity index (χ1n) is 3.85. The summed E-state index contributed by atoms with van der Waals surface area (Å²) in [6, 6.07) is 0. The fourth-order valence-corrected chi connectivity index (χ4v) is 1.40. The quantitative estimate of drug-likeness (QED) is 0.358. The average molecular weight is 173 g/mol. The van der Waals surface area contributed by atoms with Crippen LogP contribution in [0.2, 0.25) is 0 Å². The first-order chi connectivity index (χ1) is 5.54. The second kappa shape index (κ2) is 3.08. The summed E-state index contributed by atoms with van der Waals surface area (Å²) in [6.45, 7) is 1.02. The lowest BCUT2D eigenvalue weighted by molar-refractivity contribution is -0.504. The largest absolute Gasteiger partial charge is 0.452 e. The maximum absolute atomic E-state index is 10.6. The highest BCUT2D eigenvalue weighted by Gasteiger charge is 2.45. The molecule has 0 heterocycles. The van der Waals surface area contributed by atoms with Crippen LogP contribution in [-0.2, 0) is 9.53 Å². The Labute approximate surface area is 69.9 Å². The number of ether oxygens (including phenoxy) is 1. The molecule has 1 fully saturated rings. The van der Waals surface area contributed by atoms with Gasteiger partial charge in [0.05, 0.1) is 0 Å². The number of esters is 1. The SMILES string of the molecule is CC(=O)OC1(C[N+](=O)[O-])CCC1. The van der Waals surface area contributed by atoms with Crippen molar-refractivity contribution in [2.75, 3.05) is 6.54 Å². The van der Waals surface area contributed by atoms with E-state index in [1.165, 1.54) is 6.92 Å². The Kier molecular flexibility index (Phi) is 2.30. The molecule has 0 amide bonds. The van der Waals surface area contributed by atoms with E-state index in [4.69, 9.17) is 4.74 Å². The highest BCUT2D eigenvalue weighted by atomic mass is 16.6. The minimum Gasteiger partial charge on any atom is -0.452 e. The van der Waals surface area contributed by atoms with Crippen molar-refractivity contribution in [3.05, 3.63) is 10.1 Å². The molecule has 0 saturated heterocycles. The fraction of sp³-hybridized carbons (Fsp3) is 0.857. The molecule has 0 N–H and O–H groups in total. The molecule has 0 atom stereocenters. The third kappa shape index (κ3) is 1.93. The maximum atomic E-state index is 10.6. The highest BCUT2D eigenvalue weighted by Crippen LogP contribution is 2.35. The summed E-state index contributed by atoms with van der Waals surface area (Å²) in [4.78, 5) is 20.4. The number of rotatable bonds is 3. The molecule has 5 heteroatoms. The predicted molar refractivity (Wildman–Crippen MR) is 40.2 cm³/mol. The lowest BCUT2D eigenvalue weighted by Gasteiger charge is -2.36. The van der Waals surface area contributed by atoms with Crippen LogP contribution in [0.25, 0.3) is 0 Å². The molecule has 5 nitrogen and oxygen atoms in total. The molecular formula is C7H11NO4. The van der Waals surface area contributed by atoms with E-state index >= 15 is 0 Å². The second-order valence-corrected chi connectivity index (χ2v) is 3.12. The zero-order chi connectivity index (χ0) is 9.19. The van der Waals surface area contributed by atoms with Crippen LogP contribution < -0.4 is 0 Å². The number of nitrogens with zero attached hydrogens (tertiary/aromatic N) is 1. The maximum Gasteiger partial charge on any atom is 0.303 e. The smallest absolute Gasteiger partial charge is 0.303 e. The second-order valence-electron chi connectivity index (χ2n) is 3.12. The Morgan fingerprint density at radius 3 is 2.50 bits per heavy atom. The van der Waals surface area contributed by atoms with Crippen molar-refractivity contribution in [1.82, 2.24) is 0 Å². The summed E-state index contributed by atoms with van der Waals surface area (Å²) >= 11 is 0. The van der Waals surface area contributed by atoms with E-state index in [2.05, 4.69) is 0 Å². The molecular weight excluding hydrogens is 162 g/mol. The van der Waals surface area contributed by atoms with E-state index in [1.54, 1.807) is 0 Å². The molecule has 1 aliphatic rings. The van der Waals surface area contributed by atoms with Gasteiger partial charge in [0.1, 0.15) is 0 Å². The Bertz CT molecular complexity index is 191. The Hall–Kier alpha value is -1.13. The van der Waals surface area contributed by atoms with Crippen molar-refractivity contribution >= 4 is 5.97 Å². The lowest BCUT2D eigenvalue weighted by atomic mass is 9.80. The van der Waals surface area contributed by atoms with Gasteiger partial charge in [-0.3, -0.25) is 14.9 Å². The normalized spacial score (nSPS) is 19.4. The van der Waals surface area contributed by atoms with E-state index in [-0.39, 0.29) is 6.54 Å². The van der Waals surface area contributed by atoms with E-state index in [9.17, 15) is 14.9 Å². The topological polar surface area (TPSA) is 69.4 Å². The standard InChI is InChI=1S/C7H11NO4/c1-6(9)12-7(3-2-4-7)5-8(10)11/h2-5H2,1H3. The fourth-order valence-electron chi connectivity index (χ4n) is 1.40. The van der Waals surface area contributed by atoms with E-state index in [0.717, 1.165) is 6.42 Å². The van der Waals surface area contributed by atoms with Crippen molar-refractivity contribution in [2.45, 2.75) is 31.8 Å². The van der Waals surface area contributed by atoms with Crippen molar-refractivity contribution in [1.29, 1.82) is 0 Å². The van der Waals surface area contributed by atoms with Crippen LogP contribution >= 0.6 is 0 Å². The van der Waals surface area contributed by atoms with Crippen molar-refractivity contribution in [3.63, 3.8) is 0 Å². The predicted octanol–water partition coefficient (Wildman–Crippen LogP) is 0.749. The van der Waals surface area contributed by atoms with Crippen LogP contribution in [0.4, 0.5) is 0 Å². The van der Waals surface area contributed by atoms with Crippen LogP contribution in [0, 0.1) is 10.1 Å². The van der Waals surface area contributed by atoms with Gasteiger partial charge in [0.25, 0.3) is 0 Å². The van der Waals surface area contributed by atoms with Gasteiger partial charge in [-0.15, -0.1) is 0 Å². The average Bonchev–Trinajstić information content (AvgIpc) is 1.80. The summed E-state index contributed by atoms with van der Waals surface area (Å²) in [6.07, 6.45) is 2.14. The molecule has 0 radical (unpaired) electrons. The van der Waals surface area contributed by atoms with Gasteiger partial charge in [-0.2, -0.15) is 0 Å². The first kappa shape index (κ1) is 8.96. The molecule has 68 valence electrons. The molecule has 0 bridgehead atoms.